The van der Waals surface area contributed by atoms with Crippen LogP contribution in [-0.4, -0.2) is 46.5 Å². The Morgan fingerprint density at radius 2 is 1.63 bits per heavy atom. The summed E-state index contributed by atoms with van der Waals surface area (Å²) in [5.41, 5.74) is 4.58. The first-order valence-electron chi connectivity index (χ1n) is 12.7. The van der Waals surface area contributed by atoms with Crippen molar-refractivity contribution in [2.75, 3.05) is 25.2 Å². The number of carbonyl (C=O) groups excluding carboxylic acids is 1. The van der Waals surface area contributed by atoms with Crippen LogP contribution in [0.5, 0.6) is 0 Å². The molecule has 0 saturated heterocycles. The molecule has 0 saturated carbocycles. The highest BCUT2D eigenvalue weighted by molar-refractivity contribution is 7.53. The van der Waals surface area contributed by atoms with Gasteiger partial charge in [-0.2, -0.15) is 0 Å². The number of hydrogen-bond donors (Lipinski definition) is 0. The van der Waals surface area contributed by atoms with Crippen LogP contribution in [0.15, 0.2) is 55.0 Å². The number of benzene rings is 2. The molecule has 2 aromatic heterocycles. The lowest BCUT2D eigenvalue weighted by Crippen LogP contribution is -2.34. The SMILES string of the molecule is CCOP(=O)(Cc1ccc(Cn2cnc3cnc4cc(N(C)C(=O)OC(C)(C)C)ccc4c32)cc1)OCC. The first-order chi connectivity index (χ1) is 18.0. The molecular weight excluding hydrogens is 503 g/mol. The number of amides is 1. The van der Waals surface area contributed by atoms with E-state index in [1.165, 1.54) is 4.90 Å². The number of fused-ring (bicyclic) bond motifs is 3. The number of nitrogens with zero attached hydrogens (tertiary/aromatic N) is 4. The van der Waals surface area contributed by atoms with Gasteiger partial charge in [0.25, 0.3) is 0 Å². The molecule has 38 heavy (non-hydrogen) atoms. The highest BCUT2D eigenvalue weighted by atomic mass is 31.2. The number of hydrogen-bond acceptors (Lipinski definition) is 7. The molecule has 2 aromatic carbocycles. The van der Waals surface area contributed by atoms with Gasteiger partial charge in [-0.1, -0.05) is 24.3 Å². The van der Waals surface area contributed by atoms with Gasteiger partial charge in [-0.15, -0.1) is 0 Å². The molecule has 2 heterocycles. The Morgan fingerprint density at radius 3 is 2.26 bits per heavy atom. The number of ether oxygens (including phenoxy) is 1. The van der Waals surface area contributed by atoms with Crippen LogP contribution in [0.25, 0.3) is 21.9 Å². The van der Waals surface area contributed by atoms with Crippen molar-refractivity contribution in [1.29, 1.82) is 0 Å². The van der Waals surface area contributed by atoms with Crippen LogP contribution in [0.4, 0.5) is 10.5 Å². The van der Waals surface area contributed by atoms with Gasteiger partial charge in [0.2, 0.25) is 0 Å². The van der Waals surface area contributed by atoms with Gasteiger partial charge in [0.05, 0.1) is 42.9 Å². The maximum atomic E-state index is 12.9. The standard InChI is InChI=1S/C28H35N4O5P/c1-7-35-38(34,36-8-2)18-21-11-9-20(10-12-21)17-32-19-30-25-16-29-24-15-22(13-14-23(24)26(25)32)31(6)27(33)37-28(3,4)5/h9-16,19H,7-8,17-18H2,1-6H3. The van der Waals surface area contributed by atoms with Gasteiger partial charge in [-0.25, -0.2) is 9.78 Å². The molecule has 0 atom stereocenters. The van der Waals surface area contributed by atoms with E-state index in [1.54, 1.807) is 19.6 Å². The van der Waals surface area contributed by atoms with Crippen LogP contribution in [-0.2, 0) is 31.1 Å². The zero-order valence-corrected chi connectivity index (χ0v) is 23.7. The minimum Gasteiger partial charge on any atom is -0.443 e. The van der Waals surface area contributed by atoms with Crippen molar-refractivity contribution in [1.82, 2.24) is 14.5 Å². The van der Waals surface area contributed by atoms with Crippen molar-refractivity contribution in [2.24, 2.45) is 0 Å². The van der Waals surface area contributed by atoms with E-state index in [1.807, 2.05) is 77.1 Å². The van der Waals surface area contributed by atoms with Gasteiger partial charge >= 0.3 is 13.7 Å². The summed E-state index contributed by atoms with van der Waals surface area (Å²) >= 11 is 0. The Morgan fingerprint density at radius 1 is 0.974 bits per heavy atom. The molecule has 0 aliphatic heterocycles. The summed E-state index contributed by atoms with van der Waals surface area (Å²) in [6, 6.07) is 13.7. The van der Waals surface area contributed by atoms with Crippen molar-refractivity contribution in [3.8, 4) is 0 Å². The maximum absolute atomic E-state index is 12.9. The second-order valence-electron chi connectivity index (χ2n) is 10.0. The lowest BCUT2D eigenvalue weighted by atomic mass is 10.1. The van der Waals surface area contributed by atoms with Gasteiger partial charge in [0, 0.05) is 24.7 Å². The van der Waals surface area contributed by atoms with Crippen LogP contribution < -0.4 is 4.90 Å². The molecule has 1 amide bonds. The molecule has 4 rings (SSSR count). The summed E-state index contributed by atoms with van der Waals surface area (Å²) in [7, 11) is -1.47. The number of pyridine rings is 1. The van der Waals surface area contributed by atoms with Crippen molar-refractivity contribution >= 4 is 41.3 Å². The van der Waals surface area contributed by atoms with Crippen molar-refractivity contribution in [3.05, 3.63) is 66.1 Å². The number of anilines is 1. The largest absolute Gasteiger partial charge is 0.443 e. The van der Waals surface area contributed by atoms with E-state index in [9.17, 15) is 9.36 Å². The van der Waals surface area contributed by atoms with E-state index in [-0.39, 0.29) is 6.16 Å². The van der Waals surface area contributed by atoms with Gasteiger partial charge in [-0.05, 0) is 63.9 Å². The summed E-state index contributed by atoms with van der Waals surface area (Å²) in [5, 5.41) is 0.937. The van der Waals surface area contributed by atoms with E-state index >= 15 is 0 Å². The van der Waals surface area contributed by atoms with Crippen LogP contribution in [0.1, 0.15) is 45.7 Å². The molecule has 4 aromatic rings. The number of aromatic nitrogens is 3. The van der Waals surface area contributed by atoms with E-state index in [0.717, 1.165) is 33.1 Å². The molecule has 202 valence electrons. The summed E-state index contributed by atoms with van der Waals surface area (Å²) in [5.74, 6) is 0. The molecule has 0 aliphatic carbocycles. The second kappa shape index (κ2) is 11.2. The van der Waals surface area contributed by atoms with E-state index in [0.29, 0.717) is 25.4 Å². The maximum Gasteiger partial charge on any atom is 0.414 e. The van der Waals surface area contributed by atoms with Gasteiger partial charge in [0.1, 0.15) is 11.1 Å². The van der Waals surface area contributed by atoms with Crippen molar-refractivity contribution < 1.29 is 23.1 Å². The van der Waals surface area contributed by atoms with E-state index in [2.05, 4.69) is 14.5 Å². The average Bonchev–Trinajstić information content (AvgIpc) is 3.26. The van der Waals surface area contributed by atoms with Crippen LogP contribution in [0.2, 0.25) is 0 Å². The third-order valence-electron chi connectivity index (χ3n) is 5.89. The lowest BCUT2D eigenvalue weighted by Gasteiger charge is -2.24. The second-order valence-corrected chi connectivity index (χ2v) is 12.1. The Kier molecular flexibility index (Phi) is 8.21. The summed E-state index contributed by atoms with van der Waals surface area (Å²) in [6.45, 7) is 10.4. The minimum absolute atomic E-state index is 0.235. The summed E-state index contributed by atoms with van der Waals surface area (Å²) < 4.78 is 31.3. The normalized spacial score (nSPS) is 12.3. The predicted octanol–water partition coefficient (Wildman–Crippen LogP) is 6.77. The van der Waals surface area contributed by atoms with Crippen LogP contribution in [0, 0.1) is 0 Å². The molecule has 0 radical (unpaired) electrons. The zero-order valence-electron chi connectivity index (χ0n) is 22.8. The van der Waals surface area contributed by atoms with Crippen LogP contribution in [0.3, 0.4) is 0 Å². The van der Waals surface area contributed by atoms with Crippen molar-refractivity contribution in [2.45, 2.75) is 52.9 Å². The highest BCUT2D eigenvalue weighted by Gasteiger charge is 2.24. The third-order valence-corrected chi connectivity index (χ3v) is 7.94. The monoisotopic (exact) mass is 538 g/mol. The number of imidazole rings is 1. The number of rotatable bonds is 9. The smallest absolute Gasteiger partial charge is 0.414 e. The van der Waals surface area contributed by atoms with Gasteiger partial charge in [0.15, 0.2) is 0 Å². The first kappa shape index (κ1) is 27.8. The highest BCUT2D eigenvalue weighted by Crippen LogP contribution is 2.51. The van der Waals surface area contributed by atoms with Gasteiger partial charge < -0.3 is 18.4 Å². The summed E-state index contributed by atoms with van der Waals surface area (Å²) in [4.78, 5) is 23.1. The Hall–Kier alpha value is -3.26. The minimum atomic E-state index is -3.16. The Balaban J connectivity index is 1.58. The van der Waals surface area contributed by atoms with E-state index < -0.39 is 19.3 Å². The molecule has 0 fully saturated rings. The quantitative estimate of drug-likeness (QED) is 0.217. The topological polar surface area (TPSA) is 95.8 Å². The predicted molar refractivity (Wildman–Crippen MR) is 150 cm³/mol. The molecule has 0 N–H and O–H groups in total. The third kappa shape index (κ3) is 6.41. The zero-order chi connectivity index (χ0) is 27.5. The molecule has 10 heteroatoms. The molecule has 0 unspecified atom stereocenters. The fourth-order valence-corrected chi connectivity index (χ4v) is 5.90. The lowest BCUT2D eigenvalue weighted by molar-refractivity contribution is 0.0589. The van der Waals surface area contributed by atoms with Gasteiger partial charge in [-0.3, -0.25) is 14.4 Å². The first-order valence-corrected chi connectivity index (χ1v) is 14.4. The number of carbonyl (C=O) groups is 1. The molecule has 9 nitrogen and oxygen atoms in total. The molecule has 0 aliphatic rings. The molecule has 0 spiro atoms. The van der Waals surface area contributed by atoms with E-state index in [4.69, 9.17) is 13.8 Å². The molecule has 0 bridgehead atoms. The fraction of sp³-hybridized carbons (Fsp3) is 0.393. The average molecular weight is 539 g/mol. The molecular formula is C28H35N4O5P. The van der Waals surface area contributed by atoms with Crippen LogP contribution >= 0.6 is 7.60 Å². The Labute approximate surface area is 223 Å². The fourth-order valence-electron chi connectivity index (χ4n) is 4.20. The van der Waals surface area contributed by atoms with Crippen molar-refractivity contribution in [3.63, 3.8) is 0 Å². The summed E-state index contributed by atoms with van der Waals surface area (Å²) in [6.07, 6.45) is 3.36. The Bertz CT molecular complexity index is 1470.